The van der Waals surface area contributed by atoms with Crippen LogP contribution in [0.2, 0.25) is 0 Å². The van der Waals surface area contributed by atoms with Crippen molar-refractivity contribution in [1.82, 2.24) is 9.27 Å². The highest BCUT2D eigenvalue weighted by molar-refractivity contribution is 7.05. The van der Waals surface area contributed by atoms with Gasteiger partial charge in [0.05, 0.1) is 0 Å². The Labute approximate surface area is 89.1 Å². The van der Waals surface area contributed by atoms with Crippen molar-refractivity contribution in [3.8, 4) is 0 Å². The lowest BCUT2D eigenvalue weighted by Crippen LogP contribution is -2.22. The Bertz CT molecular complexity index is 279. The van der Waals surface area contributed by atoms with Crippen molar-refractivity contribution in [3.05, 3.63) is 16.6 Å². The summed E-state index contributed by atoms with van der Waals surface area (Å²) in [5.41, 5.74) is 6.86. The number of aromatic nitrogens is 1. The van der Waals surface area contributed by atoms with Crippen LogP contribution >= 0.6 is 11.5 Å². The predicted octanol–water partition coefficient (Wildman–Crippen LogP) is 1.24. The van der Waals surface area contributed by atoms with Gasteiger partial charge in [0.1, 0.15) is 0 Å². The molecule has 1 fully saturated rings. The van der Waals surface area contributed by atoms with Gasteiger partial charge in [-0.3, -0.25) is 0 Å². The number of hydrogen-bond acceptors (Lipinski definition) is 4. The van der Waals surface area contributed by atoms with Gasteiger partial charge in [0.2, 0.25) is 0 Å². The molecule has 0 unspecified atom stereocenters. The third-order valence-corrected chi connectivity index (χ3v) is 3.70. The van der Waals surface area contributed by atoms with Gasteiger partial charge in [-0.15, -0.1) is 0 Å². The monoisotopic (exact) mass is 211 g/mol. The molecule has 3 nitrogen and oxygen atoms in total. The van der Waals surface area contributed by atoms with Crippen LogP contribution in [0.4, 0.5) is 0 Å². The van der Waals surface area contributed by atoms with Gasteiger partial charge in [0.25, 0.3) is 0 Å². The van der Waals surface area contributed by atoms with E-state index in [9.17, 15) is 0 Å². The van der Waals surface area contributed by atoms with Crippen LogP contribution in [-0.2, 0) is 13.0 Å². The third-order valence-electron chi connectivity index (χ3n) is 2.80. The summed E-state index contributed by atoms with van der Waals surface area (Å²) in [6, 6.07) is 0. The topological polar surface area (TPSA) is 42.1 Å². The van der Waals surface area contributed by atoms with Crippen LogP contribution in [-0.4, -0.2) is 28.9 Å². The van der Waals surface area contributed by atoms with E-state index >= 15 is 0 Å². The summed E-state index contributed by atoms with van der Waals surface area (Å²) in [6.45, 7) is 4.36. The molecule has 1 aliphatic rings. The second-order valence-corrected chi connectivity index (χ2v) is 4.66. The second-order valence-electron chi connectivity index (χ2n) is 3.78. The standard InChI is InChI=1S/C10H17N3S/c11-7-9-8-12-14-10(9)3-6-13-4-1-2-5-13/h8H,1-7,11H2. The molecule has 0 spiro atoms. The molecule has 2 N–H and O–H groups in total. The first-order chi connectivity index (χ1) is 6.90. The van der Waals surface area contributed by atoms with Gasteiger partial charge < -0.3 is 10.6 Å². The van der Waals surface area contributed by atoms with Gasteiger partial charge in [0, 0.05) is 24.2 Å². The maximum atomic E-state index is 5.63. The maximum absolute atomic E-state index is 5.63. The zero-order chi connectivity index (χ0) is 9.80. The van der Waals surface area contributed by atoms with Gasteiger partial charge in [-0.2, -0.15) is 0 Å². The van der Waals surface area contributed by atoms with Gasteiger partial charge in [-0.05, 0) is 49.4 Å². The zero-order valence-corrected chi connectivity index (χ0v) is 9.22. The van der Waals surface area contributed by atoms with Gasteiger partial charge in [0.15, 0.2) is 0 Å². The molecule has 1 aromatic heterocycles. The average molecular weight is 211 g/mol. The summed E-state index contributed by atoms with van der Waals surface area (Å²) in [7, 11) is 0. The lowest BCUT2D eigenvalue weighted by Gasteiger charge is -2.13. The van der Waals surface area contributed by atoms with Crippen LogP contribution in [0.3, 0.4) is 0 Å². The Hall–Kier alpha value is -0.450. The zero-order valence-electron chi connectivity index (χ0n) is 8.41. The van der Waals surface area contributed by atoms with Gasteiger partial charge >= 0.3 is 0 Å². The molecule has 0 aliphatic carbocycles. The molecule has 78 valence electrons. The molecule has 0 saturated carbocycles. The number of likely N-dealkylation sites (tertiary alicyclic amines) is 1. The summed E-state index contributed by atoms with van der Waals surface area (Å²) in [4.78, 5) is 3.90. The summed E-state index contributed by atoms with van der Waals surface area (Å²) >= 11 is 1.60. The molecule has 0 atom stereocenters. The van der Waals surface area contributed by atoms with Crippen molar-refractivity contribution in [2.75, 3.05) is 19.6 Å². The van der Waals surface area contributed by atoms with E-state index in [0.717, 1.165) is 6.42 Å². The van der Waals surface area contributed by atoms with Gasteiger partial charge in [-0.1, -0.05) is 0 Å². The summed E-state index contributed by atoms with van der Waals surface area (Å²) in [5, 5.41) is 0. The van der Waals surface area contributed by atoms with Crippen LogP contribution in [0.5, 0.6) is 0 Å². The largest absolute Gasteiger partial charge is 0.326 e. The van der Waals surface area contributed by atoms with E-state index in [4.69, 9.17) is 5.73 Å². The van der Waals surface area contributed by atoms with E-state index < -0.39 is 0 Å². The average Bonchev–Trinajstić information content (AvgIpc) is 2.85. The lowest BCUT2D eigenvalue weighted by molar-refractivity contribution is 0.344. The second kappa shape index (κ2) is 4.87. The molecule has 0 aromatic carbocycles. The Morgan fingerprint density at radius 2 is 2.21 bits per heavy atom. The van der Waals surface area contributed by atoms with Crippen molar-refractivity contribution in [2.24, 2.45) is 5.73 Å². The van der Waals surface area contributed by atoms with Crippen LogP contribution < -0.4 is 5.73 Å². The van der Waals surface area contributed by atoms with Crippen molar-refractivity contribution in [2.45, 2.75) is 25.8 Å². The van der Waals surface area contributed by atoms with Crippen molar-refractivity contribution in [3.63, 3.8) is 0 Å². The van der Waals surface area contributed by atoms with Crippen molar-refractivity contribution in [1.29, 1.82) is 0 Å². The molecule has 0 amide bonds. The van der Waals surface area contributed by atoms with Crippen LogP contribution in [0.15, 0.2) is 6.20 Å². The van der Waals surface area contributed by atoms with Crippen LogP contribution in [0, 0.1) is 0 Å². The number of hydrogen-bond donors (Lipinski definition) is 1. The Balaban J connectivity index is 1.84. The first-order valence-corrected chi connectivity index (χ1v) is 6.02. The van der Waals surface area contributed by atoms with Gasteiger partial charge in [-0.25, -0.2) is 4.37 Å². The van der Waals surface area contributed by atoms with E-state index in [1.165, 1.54) is 42.9 Å². The molecule has 2 rings (SSSR count). The number of rotatable bonds is 4. The predicted molar refractivity (Wildman–Crippen MR) is 59.4 cm³/mol. The molecular weight excluding hydrogens is 194 g/mol. The van der Waals surface area contributed by atoms with Crippen LogP contribution in [0.25, 0.3) is 0 Å². The van der Waals surface area contributed by atoms with E-state index in [2.05, 4.69) is 9.27 Å². The Kier molecular flexibility index (Phi) is 3.50. The fraction of sp³-hybridized carbons (Fsp3) is 0.700. The molecule has 1 aromatic rings. The first kappa shape index (κ1) is 10.1. The fourth-order valence-electron chi connectivity index (χ4n) is 1.92. The normalized spacial score (nSPS) is 17.8. The van der Waals surface area contributed by atoms with E-state index in [1.54, 1.807) is 11.5 Å². The first-order valence-electron chi connectivity index (χ1n) is 5.25. The Morgan fingerprint density at radius 3 is 2.93 bits per heavy atom. The molecule has 1 aliphatic heterocycles. The Morgan fingerprint density at radius 1 is 1.43 bits per heavy atom. The maximum Gasteiger partial charge on any atom is 0.0454 e. The van der Waals surface area contributed by atoms with E-state index in [1.807, 2.05) is 6.20 Å². The molecule has 1 saturated heterocycles. The summed E-state index contributed by atoms with van der Waals surface area (Å²) in [6.07, 6.45) is 5.76. The number of nitrogens with two attached hydrogens (primary N) is 1. The molecule has 0 radical (unpaired) electrons. The van der Waals surface area contributed by atoms with E-state index in [0.29, 0.717) is 6.54 Å². The minimum absolute atomic E-state index is 0.631. The summed E-state index contributed by atoms with van der Waals surface area (Å²) in [5.74, 6) is 0. The molecule has 2 heterocycles. The third kappa shape index (κ3) is 2.32. The van der Waals surface area contributed by atoms with Crippen molar-refractivity contribution < 1.29 is 0 Å². The van der Waals surface area contributed by atoms with Crippen LogP contribution in [0.1, 0.15) is 23.3 Å². The molecule has 4 heteroatoms. The van der Waals surface area contributed by atoms with Crippen molar-refractivity contribution >= 4 is 11.5 Å². The molecule has 14 heavy (non-hydrogen) atoms. The smallest absolute Gasteiger partial charge is 0.0454 e. The summed E-state index contributed by atoms with van der Waals surface area (Å²) < 4.78 is 4.18. The highest BCUT2D eigenvalue weighted by atomic mass is 32.1. The fourth-order valence-corrected chi connectivity index (χ4v) is 2.67. The minimum atomic E-state index is 0.631. The van der Waals surface area contributed by atoms with E-state index in [-0.39, 0.29) is 0 Å². The SMILES string of the molecule is NCc1cnsc1CCN1CCCC1. The lowest BCUT2D eigenvalue weighted by atomic mass is 10.2. The molecule has 0 bridgehead atoms. The minimum Gasteiger partial charge on any atom is -0.326 e. The highest BCUT2D eigenvalue weighted by Crippen LogP contribution is 2.15. The molecular formula is C10H17N3S. The number of nitrogens with zero attached hydrogens (tertiary/aromatic N) is 2. The highest BCUT2D eigenvalue weighted by Gasteiger charge is 2.12. The quantitative estimate of drug-likeness (QED) is 0.815.